The van der Waals surface area contributed by atoms with Crippen LogP contribution in [0.1, 0.15) is 24.2 Å². The number of hydrogen-bond donors (Lipinski definition) is 1. The second-order valence-electron chi connectivity index (χ2n) is 4.54. The topological polar surface area (TPSA) is 42.0 Å². The first-order valence-corrected chi connectivity index (χ1v) is 7.86. The lowest BCUT2D eigenvalue weighted by atomic mass is 10.2. The van der Waals surface area contributed by atoms with Gasteiger partial charge >= 0.3 is 0 Å². The molecule has 0 aliphatic heterocycles. The third-order valence-corrected chi connectivity index (χ3v) is 4.02. The van der Waals surface area contributed by atoms with Crippen molar-refractivity contribution in [3.8, 4) is 0 Å². The van der Waals surface area contributed by atoms with Gasteiger partial charge in [0.05, 0.1) is 5.56 Å². The standard InChI is InChI=1S/C15H15BrN2OS/c1-10(2)18-14(19)13-4-3-9-17-15(13)20-12-7-5-11(16)6-8-12/h3-10H,1-2H3,(H,18,19). The molecule has 0 atom stereocenters. The van der Waals surface area contributed by atoms with Crippen molar-refractivity contribution in [2.75, 3.05) is 0 Å². The van der Waals surface area contributed by atoms with Crippen LogP contribution in [0.3, 0.4) is 0 Å². The first-order valence-electron chi connectivity index (χ1n) is 6.25. The molecule has 0 unspecified atom stereocenters. The Hall–Kier alpha value is -1.33. The van der Waals surface area contributed by atoms with E-state index in [0.717, 1.165) is 9.37 Å². The summed E-state index contributed by atoms with van der Waals surface area (Å²) < 4.78 is 1.03. The largest absolute Gasteiger partial charge is 0.350 e. The zero-order valence-corrected chi connectivity index (χ0v) is 13.7. The second kappa shape index (κ2) is 6.90. The maximum Gasteiger partial charge on any atom is 0.254 e. The van der Waals surface area contributed by atoms with Gasteiger partial charge in [-0.2, -0.15) is 0 Å². The van der Waals surface area contributed by atoms with Crippen molar-refractivity contribution >= 4 is 33.6 Å². The number of aromatic nitrogens is 1. The highest BCUT2D eigenvalue weighted by molar-refractivity contribution is 9.10. The van der Waals surface area contributed by atoms with Crippen molar-refractivity contribution in [2.45, 2.75) is 29.8 Å². The van der Waals surface area contributed by atoms with Gasteiger partial charge in [-0.05, 0) is 50.2 Å². The molecule has 104 valence electrons. The molecule has 1 amide bonds. The van der Waals surface area contributed by atoms with Crippen molar-refractivity contribution < 1.29 is 4.79 Å². The predicted octanol–water partition coefficient (Wildman–Crippen LogP) is 4.13. The first-order chi connectivity index (χ1) is 9.56. The van der Waals surface area contributed by atoms with E-state index in [1.807, 2.05) is 38.1 Å². The zero-order chi connectivity index (χ0) is 14.5. The molecule has 2 rings (SSSR count). The fourth-order valence-corrected chi connectivity index (χ4v) is 2.74. The van der Waals surface area contributed by atoms with E-state index in [1.54, 1.807) is 18.3 Å². The van der Waals surface area contributed by atoms with Gasteiger partial charge in [-0.25, -0.2) is 4.98 Å². The van der Waals surface area contributed by atoms with Crippen LogP contribution in [0.4, 0.5) is 0 Å². The van der Waals surface area contributed by atoms with E-state index >= 15 is 0 Å². The highest BCUT2D eigenvalue weighted by Gasteiger charge is 2.13. The van der Waals surface area contributed by atoms with Crippen LogP contribution in [-0.2, 0) is 0 Å². The minimum Gasteiger partial charge on any atom is -0.350 e. The van der Waals surface area contributed by atoms with Gasteiger partial charge in [-0.1, -0.05) is 27.7 Å². The lowest BCUT2D eigenvalue weighted by Gasteiger charge is -2.11. The van der Waals surface area contributed by atoms with E-state index in [0.29, 0.717) is 10.6 Å². The highest BCUT2D eigenvalue weighted by atomic mass is 79.9. The summed E-state index contributed by atoms with van der Waals surface area (Å²) in [4.78, 5) is 17.5. The summed E-state index contributed by atoms with van der Waals surface area (Å²) in [6.45, 7) is 3.88. The van der Waals surface area contributed by atoms with Crippen LogP contribution >= 0.6 is 27.7 Å². The molecule has 20 heavy (non-hydrogen) atoms. The third kappa shape index (κ3) is 4.08. The molecule has 0 aliphatic carbocycles. The number of pyridine rings is 1. The van der Waals surface area contributed by atoms with Gasteiger partial charge in [0, 0.05) is 21.6 Å². The summed E-state index contributed by atoms with van der Waals surface area (Å²) in [5.74, 6) is -0.0901. The Morgan fingerprint density at radius 2 is 1.95 bits per heavy atom. The third-order valence-electron chi connectivity index (χ3n) is 2.46. The first kappa shape index (κ1) is 15.1. The molecule has 0 saturated heterocycles. The van der Waals surface area contributed by atoms with Gasteiger partial charge in [-0.15, -0.1) is 0 Å². The second-order valence-corrected chi connectivity index (χ2v) is 6.52. The number of halogens is 1. The fraction of sp³-hybridized carbons (Fsp3) is 0.200. The van der Waals surface area contributed by atoms with E-state index in [1.165, 1.54) is 11.8 Å². The predicted molar refractivity (Wildman–Crippen MR) is 85.1 cm³/mol. The number of benzene rings is 1. The van der Waals surface area contributed by atoms with Gasteiger partial charge < -0.3 is 5.32 Å². The molecular formula is C15H15BrN2OS. The van der Waals surface area contributed by atoms with Crippen molar-refractivity contribution in [2.24, 2.45) is 0 Å². The van der Waals surface area contributed by atoms with Gasteiger partial charge in [0.2, 0.25) is 0 Å². The van der Waals surface area contributed by atoms with Crippen molar-refractivity contribution in [1.29, 1.82) is 0 Å². The normalized spacial score (nSPS) is 10.6. The molecule has 0 spiro atoms. The molecule has 1 aromatic heterocycles. The maximum absolute atomic E-state index is 12.1. The van der Waals surface area contributed by atoms with Crippen molar-refractivity contribution in [3.05, 3.63) is 52.6 Å². The van der Waals surface area contributed by atoms with Gasteiger partial charge in [0.25, 0.3) is 5.91 Å². The van der Waals surface area contributed by atoms with Crippen molar-refractivity contribution in [1.82, 2.24) is 10.3 Å². The van der Waals surface area contributed by atoms with E-state index in [9.17, 15) is 4.79 Å². The monoisotopic (exact) mass is 350 g/mol. The Kier molecular flexibility index (Phi) is 5.20. The summed E-state index contributed by atoms with van der Waals surface area (Å²) in [5.41, 5.74) is 0.606. The minimum atomic E-state index is -0.0901. The quantitative estimate of drug-likeness (QED) is 0.901. The van der Waals surface area contributed by atoms with Crippen LogP contribution in [0.5, 0.6) is 0 Å². The number of nitrogens with zero attached hydrogens (tertiary/aromatic N) is 1. The smallest absolute Gasteiger partial charge is 0.254 e. The van der Waals surface area contributed by atoms with Crippen LogP contribution in [-0.4, -0.2) is 16.9 Å². The average Bonchev–Trinajstić information content (AvgIpc) is 2.41. The summed E-state index contributed by atoms with van der Waals surface area (Å²) in [7, 11) is 0. The highest BCUT2D eigenvalue weighted by Crippen LogP contribution is 2.29. The Labute approximate surface area is 131 Å². The summed E-state index contributed by atoms with van der Waals surface area (Å²) in [6.07, 6.45) is 1.70. The molecule has 1 N–H and O–H groups in total. The van der Waals surface area contributed by atoms with Crippen LogP contribution < -0.4 is 5.32 Å². The molecule has 0 saturated carbocycles. The van der Waals surface area contributed by atoms with Crippen LogP contribution in [0.2, 0.25) is 0 Å². The number of rotatable bonds is 4. The zero-order valence-electron chi connectivity index (χ0n) is 11.3. The SMILES string of the molecule is CC(C)NC(=O)c1cccnc1Sc1ccc(Br)cc1. The number of nitrogens with one attached hydrogen (secondary N) is 1. The van der Waals surface area contributed by atoms with Crippen LogP contribution in [0, 0.1) is 0 Å². The molecule has 5 heteroatoms. The van der Waals surface area contributed by atoms with E-state index in [-0.39, 0.29) is 11.9 Å². The molecule has 0 radical (unpaired) electrons. The molecule has 0 fully saturated rings. The van der Waals surface area contributed by atoms with E-state index in [2.05, 4.69) is 26.2 Å². The van der Waals surface area contributed by atoms with Crippen LogP contribution in [0.15, 0.2) is 57.0 Å². The molecule has 2 aromatic rings. The summed E-state index contributed by atoms with van der Waals surface area (Å²) >= 11 is 4.89. The molecule has 1 heterocycles. The molecule has 1 aromatic carbocycles. The number of carbonyl (C=O) groups excluding carboxylic acids is 1. The van der Waals surface area contributed by atoms with Crippen LogP contribution in [0.25, 0.3) is 0 Å². The summed E-state index contributed by atoms with van der Waals surface area (Å²) in [5, 5.41) is 3.61. The number of carbonyl (C=O) groups is 1. The Morgan fingerprint density at radius 3 is 2.60 bits per heavy atom. The Morgan fingerprint density at radius 1 is 1.25 bits per heavy atom. The lowest BCUT2D eigenvalue weighted by Crippen LogP contribution is -2.30. The molecular weight excluding hydrogens is 336 g/mol. The van der Waals surface area contributed by atoms with E-state index < -0.39 is 0 Å². The Bertz CT molecular complexity index is 599. The number of amides is 1. The lowest BCUT2D eigenvalue weighted by molar-refractivity contribution is 0.0939. The minimum absolute atomic E-state index is 0.0901. The van der Waals surface area contributed by atoms with E-state index in [4.69, 9.17) is 0 Å². The molecule has 0 aliphatic rings. The van der Waals surface area contributed by atoms with Gasteiger partial charge in [-0.3, -0.25) is 4.79 Å². The average molecular weight is 351 g/mol. The van der Waals surface area contributed by atoms with Gasteiger partial charge in [0.1, 0.15) is 5.03 Å². The molecule has 3 nitrogen and oxygen atoms in total. The van der Waals surface area contributed by atoms with Gasteiger partial charge in [0.15, 0.2) is 0 Å². The fourth-order valence-electron chi connectivity index (χ4n) is 1.60. The Balaban J connectivity index is 2.23. The van der Waals surface area contributed by atoms with Crippen molar-refractivity contribution in [3.63, 3.8) is 0 Å². The number of hydrogen-bond acceptors (Lipinski definition) is 3. The maximum atomic E-state index is 12.1. The molecule has 0 bridgehead atoms. The summed E-state index contributed by atoms with van der Waals surface area (Å²) in [6, 6.07) is 11.6.